The Morgan fingerprint density at radius 1 is 1.04 bits per heavy atom. The minimum atomic E-state index is -1.24. The molecule has 1 unspecified atom stereocenters. The summed E-state index contributed by atoms with van der Waals surface area (Å²) in [6.45, 7) is 5.99. The van der Waals surface area contributed by atoms with Gasteiger partial charge in [-0.3, -0.25) is 4.79 Å². The number of likely N-dealkylation sites (tertiary alicyclic amines) is 2. The van der Waals surface area contributed by atoms with E-state index in [-0.39, 0.29) is 5.91 Å². The molecule has 2 heterocycles. The van der Waals surface area contributed by atoms with E-state index in [1.54, 1.807) is 0 Å². The van der Waals surface area contributed by atoms with Crippen LogP contribution in [0.15, 0.2) is 30.3 Å². The number of carbonyl (C=O) groups is 1. The van der Waals surface area contributed by atoms with Crippen LogP contribution in [-0.4, -0.2) is 72.2 Å². The number of nitrogens with zero attached hydrogens (tertiary/aromatic N) is 2. The fraction of sp³-hybridized carbons (Fsp3) is 0.650. The van der Waals surface area contributed by atoms with Gasteiger partial charge in [0.1, 0.15) is 0 Å². The molecular weight excluding hydrogens is 314 g/mol. The van der Waals surface area contributed by atoms with Gasteiger partial charge in [0.05, 0.1) is 0 Å². The number of carbonyl (C=O) groups excluding carboxylic acids is 1. The Morgan fingerprint density at radius 2 is 1.80 bits per heavy atom. The number of hydrogen-bond acceptors (Lipinski definition) is 4. The molecule has 1 aromatic carbocycles. The first kappa shape index (κ1) is 18.4. The molecule has 1 aromatic rings. The normalized spacial score (nSPS) is 24.8. The molecule has 2 aliphatic heterocycles. The molecule has 1 amide bonds. The number of amides is 1. The summed E-state index contributed by atoms with van der Waals surface area (Å²) in [5.74, 6) is -0.108. The second-order valence-electron chi connectivity index (χ2n) is 7.39. The van der Waals surface area contributed by atoms with Crippen LogP contribution in [0.1, 0.15) is 31.2 Å². The smallest absolute Gasteiger partial charge is 0.255 e. The van der Waals surface area contributed by atoms with Gasteiger partial charge in [-0.25, -0.2) is 0 Å². The van der Waals surface area contributed by atoms with Crippen molar-refractivity contribution in [2.75, 3.05) is 45.8 Å². The number of hydrogen-bond donors (Lipinski definition) is 2. The van der Waals surface area contributed by atoms with Crippen molar-refractivity contribution in [1.82, 2.24) is 15.1 Å². The van der Waals surface area contributed by atoms with E-state index in [0.29, 0.717) is 19.5 Å². The summed E-state index contributed by atoms with van der Waals surface area (Å²) in [6, 6.07) is 10.2. The summed E-state index contributed by atoms with van der Waals surface area (Å²) in [5.41, 5.74) is -0.00639. The highest BCUT2D eigenvalue weighted by molar-refractivity contribution is 5.86. The van der Waals surface area contributed by atoms with Crippen LogP contribution in [0.3, 0.4) is 0 Å². The molecule has 0 radical (unpaired) electrons. The lowest BCUT2D eigenvalue weighted by molar-refractivity contribution is -0.156. The molecule has 2 fully saturated rings. The summed E-state index contributed by atoms with van der Waals surface area (Å²) in [6.07, 6.45) is 4.85. The molecule has 3 rings (SSSR count). The van der Waals surface area contributed by atoms with Gasteiger partial charge in [0.2, 0.25) is 0 Å². The zero-order valence-electron chi connectivity index (χ0n) is 15.1. The standard InChI is InChI=1S/C20H31N3O2/c24-19-20(25,17-21-11-16-22-12-4-5-13-22)10-6-14-23(19)15-9-18-7-2-1-3-8-18/h1-3,7-8,21,25H,4-6,9-17H2. The van der Waals surface area contributed by atoms with Gasteiger partial charge >= 0.3 is 0 Å². The minimum Gasteiger partial charge on any atom is -0.379 e. The highest BCUT2D eigenvalue weighted by Crippen LogP contribution is 2.22. The Labute approximate surface area is 151 Å². The third-order valence-corrected chi connectivity index (χ3v) is 5.44. The van der Waals surface area contributed by atoms with Crippen molar-refractivity contribution in [3.05, 3.63) is 35.9 Å². The fourth-order valence-electron chi connectivity index (χ4n) is 3.89. The second-order valence-corrected chi connectivity index (χ2v) is 7.39. The molecule has 25 heavy (non-hydrogen) atoms. The van der Waals surface area contributed by atoms with Crippen molar-refractivity contribution in [1.29, 1.82) is 0 Å². The third kappa shape index (κ3) is 5.03. The molecule has 5 nitrogen and oxygen atoms in total. The van der Waals surface area contributed by atoms with Crippen molar-refractivity contribution >= 4 is 5.91 Å². The molecule has 1 atom stereocenters. The summed E-state index contributed by atoms with van der Waals surface area (Å²) in [4.78, 5) is 17.0. The first-order valence-electron chi connectivity index (χ1n) is 9.66. The Hall–Kier alpha value is -1.43. The van der Waals surface area contributed by atoms with E-state index in [1.807, 2.05) is 23.1 Å². The van der Waals surface area contributed by atoms with Crippen molar-refractivity contribution in [2.24, 2.45) is 0 Å². The van der Waals surface area contributed by atoms with Gasteiger partial charge in [-0.05, 0) is 50.8 Å². The van der Waals surface area contributed by atoms with Crippen LogP contribution in [0, 0.1) is 0 Å². The largest absolute Gasteiger partial charge is 0.379 e. The van der Waals surface area contributed by atoms with Gasteiger partial charge in [-0.15, -0.1) is 0 Å². The maximum Gasteiger partial charge on any atom is 0.255 e. The molecule has 0 spiro atoms. The number of benzene rings is 1. The summed E-state index contributed by atoms with van der Waals surface area (Å²) in [5, 5.41) is 14.1. The Bertz CT molecular complexity index is 545. The maximum atomic E-state index is 12.7. The number of piperidine rings is 1. The Kier molecular flexibility index (Phi) is 6.45. The number of aliphatic hydroxyl groups is 1. The predicted molar refractivity (Wildman–Crippen MR) is 99.5 cm³/mol. The van der Waals surface area contributed by atoms with E-state index < -0.39 is 5.60 Å². The third-order valence-electron chi connectivity index (χ3n) is 5.44. The molecule has 0 saturated carbocycles. The molecule has 0 bridgehead atoms. The van der Waals surface area contributed by atoms with Gasteiger partial charge in [0.25, 0.3) is 5.91 Å². The topological polar surface area (TPSA) is 55.8 Å². The predicted octanol–water partition coefficient (Wildman–Crippen LogP) is 1.27. The Balaban J connectivity index is 1.44. The van der Waals surface area contributed by atoms with Crippen LogP contribution >= 0.6 is 0 Å². The Morgan fingerprint density at radius 3 is 2.56 bits per heavy atom. The fourth-order valence-corrected chi connectivity index (χ4v) is 3.89. The van der Waals surface area contributed by atoms with Crippen LogP contribution in [-0.2, 0) is 11.2 Å². The zero-order valence-corrected chi connectivity index (χ0v) is 15.1. The average molecular weight is 345 g/mol. The van der Waals surface area contributed by atoms with Gasteiger partial charge in [-0.1, -0.05) is 30.3 Å². The molecule has 5 heteroatoms. The van der Waals surface area contributed by atoms with Gasteiger partial charge in [-0.2, -0.15) is 0 Å². The van der Waals surface area contributed by atoms with Crippen molar-refractivity contribution in [2.45, 2.75) is 37.7 Å². The molecule has 138 valence electrons. The van der Waals surface area contributed by atoms with E-state index in [9.17, 15) is 9.90 Å². The van der Waals surface area contributed by atoms with E-state index in [4.69, 9.17) is 0 Å². The lowest BCUT2D eigenvalue weighted by atomic mass is 9.91. The lowest BCUT2D eigenvalue weighted by Gasteiger charge is -2.38. The number of rotatable bonds is 8. The lowest BCUT2D eigenvalue weighted by Crippen LogP contribution is -2.58. The van der Waals surface area contributed by atoms with Gasteiger partial charge < -0.3 is 20.2 Å². The van der Waals surface area contributed by atoms with E-state index in [0.717, 1.165) is 32.5 Å². The number of nitrogens with one attached hydrogen (secondary N) is 1. The maximum absolute atomic E-state index is 12.7. The summed E-state index contributed by atoms with van der Waals surface area (Å²) < 4.78 is 0. The first-order valence-corrected chi connectivity index (χ1v) is 9.66. The molecule has 2 saturated heterocycles. The molecule has 0 aromatic heterocycles. The SMILES string of the molecule is O=C1N(CCc2ccccc2)CCCC1(O)CNCCN1CCCC1. The van der Waals surface area contributed by atoms with Gasteiger partial charge in [0.15, 0.2) is 5.60 Å². The van der Waals surface area contributed by atoms with Crippen LogP contribution in [0.2, 0.25) is 0 Å². The second kappa shape index (κ2) is 8.79. The van der Waals surface area contributed by atoms with E-state index in [2.05, 4.69) is 22.3 Å². The van der Waals surface area contributed by atoms with Crippen molar-refractivity contribution < 1.29 is 9.90 Å². The molecule has 0 aliphatic carbocycles. The first-order chi connectivity index (χ1) is 12.2. The summed E-state index contributed by atoms with van der Waals surface area (Å²) in [7, 11) is 0. The molecular formula is C20H31N3O2. The molecule has 2 N–H and O–H groups in total. The summed E-state index contributed by atoms with van der Waals surface area (Å²) >= 11 is 0. The monoisotopic (exact) mass is 345 g/mol. The minimum absolute atomic E-state index is 0.108. The highest BCUT2D eigenvalue weighted by Gasteiger charge is 2.41. The van der Waals surface area contributed by atoms with Crippen molar-refractivity contribution in [3.63, 3.8) is 0 Å². The van der Waals surface area contributed by atoms with Crippen LogP contribution in [0.4, 0.5) is 0 Å². The quantitative estimate of drug-likeness (QED) is 0.697. The van der Waals surface area contributed by atoms with E-state index in [1.165, 1.54) is 31.5 Å². The van der Waals surface area contributed by atoms with Gasteiger partial charge in [0, 0.05) is 32.7 Å². The zero-order chi connectivity index (χ0) is 17.5. The van der Waals surface area contributed by atoms with Crippen LogP contribution in [0.25, 0.3) is 0 Å². The van der Waals surface area contributed by atoms with Crippen LogP contribution < -0.4 is 5.32 Å². The average Bonchev–Trinajstić information content (AvgIpc) is 3.15. The van der Waals surface area contributed by atoms with Crippen LogP contribution in [0.5, 0.6) is 0 Å². The molecule has 2 aliphatic rings. The van der Waals surface area contributed by atoms with E-state index >= 15 is 0 Å². The van der Waals surface area contributed by atoms with Crippen molar-refractivity contribution in [3.8, 4) is 0 Å². The highest BCUT2D eigenvalue weighted by atomic mass is 16.3.